The molecule has 0 aliphatic rings. The highest BCUT2D eigenvalue weighted by Crippen LogP contribution is 2.33. The molecular weight excluding hydrogens is 279 g/mol. The molecule has 2 aromatic rings. The van der Waals surface area contributed by atoms with Crippen molar-refractivity contribution in [3.05, 3.63) is 65.7 Å². The molecule has 0 amide bonds. The van der Waals surface area contributed by atoms with E-state index in [0.29, 0.717) is 5.56 Å². The van der Waals surface area contributed by atoms with Crippen LogP contribution in [0.3, 0.4) is 0 Å². The number of nitrogens with one attached hydrogen (secondary N) is 1. The molecule has 0 bridgehead atoms. The third-order valence-corrected chi connectivity index (χ3v) is 3.34. The zero-order valence-corrected chi connectivity index (χ0v) is 11.5. The average molecular weight is 295 g/mol. The predicted octanol–water partition coefficient (Wildman–Crippen LogP) is 4.03. The number of benzene rings is 2. The molecule has 0 fully saturated rings. The first-order valence-corrected chi connectivity index (χ1v) is 6.47. The Hall–Kier alpha value is -2.01. The molecule has 21 heavy (non-hydrogen) atoms. The first kappa shape index (κ1) is 15.4. The van der Waals surface area contributed by atoms with Gasteiger partial charge in [0, 0.05) is 5.69 Å². The molecule has 0 spiro atoms. The largest absolute Gasteiger partial charge is 0.416 e. The Morgan fingerprint density at radius 1 is 0.952 bits per heavy atom. The van der Waals surface area contributed by atoms with Gasteiger partial charge in [-0.05, 0) is 36.8 Å². The number of hydrogen-bond acceptors (Lipinski definition) is 2. The number of halogens is 3. The Bertz CT molecular complexity index is 598. The molecule has 2 N–H and O–H groups in total. The van der Waals surface area contributed by atoms with Gasteiger partial charge in [-0.1, -0.05) is 30.3 Å². The summed E-state index contributed by atoms with van der Waals surface area (Å²) in [7, 11) is 0. The second-order valence-electron chi connectivity index (χ2n) is 5.06. The van der Waals surface area contributed by atoms with Gasteiger partial charge in [0.05, 0.1) is 17.7 Å². The Morgan fingerprint density at radius 2 is 1.57 bits per heavy atom. The molecule has 1 atom stereocenters. The molecule has 0 radical (unpaired) electrons. The van der Waals surface area contributed by atoms with Crippen LogP contribution in [0, 0.1) is 0 Å². The van der Waals surface area contributed by atoms with Gasteiger partial charge in [0.25, 0.3) is 0 Å². The zero-order valence-electron chi connectivity index (χ0n) is 11.5. The maximum atomic E-state index is 12.8. The number of anilines is 1. The first-order chi connectivity index (χ1) is 9.85. The molecular formula is C16H16F3NO. The lowest BCUT2D eigenvalue weighted by Gasteiger charge is -2.31. The van der Waals surface area contributed by atoms with E-state index in [1.54, 1.807) is 25.1 Å². The molecule has 0 aliphatic heterocycles. The minimum Gasteiger partial charge on any atom is -0.394 e. The number of aliphatic hydroxyl groups excluding tert-OH is 1. The highest BCUT2D eigenvalue weighted by molar-refractivity contribution is 5.48. The van der Waals surface area contributed by atoms with Crippen molar-refractivity contribution < 1.29 is 18.3 Å². The molecule has 5 heteroatoms. The van der Waals surface area contributed by atoms with Gasteiger partial charge in [-0.15, -0.1) is 0 Å². The van der Waals surface area contributed by atoms with Crippen LogP contribution in [0.25, 0.3) is 0 Å². The van der Waals surface area contributed by atoms with Gasteiger partial charge < -0.3 is 10.4 Å². The Balaban J connectivity index is 2.36. The molecule has 0 saturated heterocycles. The highest BCUT2D eigenvalue weighted by Gasteiger charge is 2.33. The fourth-order valence-corrected chi connectivity index (χ4v) is 2.08. The summed E-state index contributed by atoms with van der Waals surface area (Å²) in [5.74, 6) is 0. The quantitative estimate of drug-likeness (QED) is 0.892. The zero-order chi connectivity index (χ0) is 15.5. The lowest BCUT2D eigenvalue weighted by Crippen LogP contribution is -2.36. The molecule has 112 valence electrons. The molecule has 0 saturated carbocycles. The van der Waals surface area contributed by atoms with Gasteiger partial charge in [0.15, 0.2) is 0 Å². The summed E-state index contributed by atoms with van der Waals surface area (Å²) in [4.78, 5) is 0. The van der Waals surface area contributed by atoms with E-state index in [9.17, 15) is 18.3 Å². The fourth-order valence-electron chi connectivity index (χ4n) is 2.08. The van der Waals surface area contributed by atoms with Crippen molar-refractivity contribution in [1.29, 1.82) is 0 Å². The molecule has 0 heterocycles. The van der Waals surface area contributed by atoms with E-state index in [-0.39, 0.29) is 6.61 Å². The second kappa shape index (κ2) is 5.77. The number of rotatable bonds is 4. The monoisotopic (exact) mass is 295 g/mol. The first-order valence-electron chi connectivity index (χ1n) is 6.47. The molecule has 0 aromatic heterocycles. The van der Waals surface area contributed by atoms with Gasteiger partial charge in [-0.3, -0.25) is 0 Å². The van der Waals surface area contributed by atoms with Crippen LogP contribution in [0.4, 0.5) is 18.9 Å². The minimum absolute atomic E-state index is 0.330. The van der Waals surface area contributed by atoms with Crippen molar-refractivity contribution in [2.24, 2.45) is 0 Å². The maximum absolute atomic E-state index is 12.8. The van der Waals surface area contributed by atoms with E-state index in [4.69, 9.17) is 0 Å². The summed E-state index contributed by atoms with van der Waals surface area (Å²) in [5, 5.41) is 12.7. The summed E-state index contributed by atoms with van der Waals surface area (Å²) in [5.41, 5.74) is -0.618. The molecule has 2 rings (SSSR count). The third kappa shape index (κ3) is 3.55. The van der Waals surface area contributed by atoms with E-state index in [1.807, 2.05) is 18.2 Å². The Labute approximate surface area is 121 Å². The summed E-state index contributed by atoms with van der Waals surface area (Å²) >= 11 is 0. The van der Waals surface area contributed by atoms with Crippen LogP contribution in [-0.2, 0) is 11.7 Å². The van der Waals surface area contributed by atoms with Crippen LogP contribution >= 0.6 is 0 Å². The maximum Gasteiger partial charge on any atom is 0.416 e. The molecule has 2 aromatic carbocycles. The van der Waals surface area contributed by atoms with Crippen molar-refractivity contribution >= 4 is 5.69 Å². The lowest BCUT2D eigenvalue weighted by atomic mass is 9.91. The smallest absolute Gasteiger partial charge is 0.394 e. The van der Waals surface area contributed by atoms with E-state index < -0.39 is 17.3 Å². The van der Waals surface area contributed by atoms with Crippen LogP contribution < -0.4 is 5.32 Å². The van der Waals surface area contributed by atoms with Crippen molar-refractivity contribution in [3.8, 4) is 0 Å². The average Bonchev–Trinajstić information content (AvgIpc) is 2.47. The number of alkyl halides is 3. The fraction of sp³-hybridized carbons (Fsp3) is 0.250. The van der Waals surface area contributed by atoms with E-state index in [2.05, 4.69) is 5.32 Å². The second-order valence-corrected chi connectivity index (χ2v) is 5.06. The van der Waals surface area contributed by atoms with Crippen molar-refractivity contribution in [1.82, 2.24) is 0 Å². The van der Waals surface area contributed by atoms with E-state index >= 15 is 0 Å². The predicted molar refractivity (Wildman–Crippen MR) is 75.9 cm³/mol. The topological polar surface area (TPSA) is 32.3 Å². The SMILES string of the molecule is CC(CO)(Nc1ccccc1)c1cccc(C(F)(F)F)c1. The van der Waals surface area contributed by atoms with E-state index in [1.165, 1.54) is 6.07 Å². The third-order valence-electron chi connectivity index (χ3n) is 3.34. The summed E-state index contributed by atoms with van der Waals surface area (Å²) in [6.07, 6.45) is -4.40. The Morgan fingerprint density at radius 3 is 2.14 bits per heavy atom. The Kier molecular flexibility index (Phi) is 4.23. The molecule has 2 nitrogen and oxygen atoms in total. The van der Waals surface area contributed by atoms with Gasteiger partial charge in [-0.2, -0.15) is 13.2 Å². The van der Waals surface area contributed by atoms with Crippen LogP contribution in [0.1, 0.15) is 18.1 Å². The standard InChI is InChI=1S/C16H16F3NO/c1-15(11-21,20-14-8-3-2-4-9-14)12-6-5-7-13(10-12)16(17,18)19/h2-10,20-21H,11H2,1H3. The van der Waals surface area contributed by atoms with Crippen LogP contribution in [-0.4, -0.2) is 11.7 Å². The number of aliphatic hydroxyl groups is 1. The van der Waals surface area contributed by atoms with Gasteiger partial charge in [0.2, 0.25) is 0 Å². The highest BCUT2D eigenvalue weighted by atomic mass is 19.4. The molecule has 0 aliphatic carbocycles. The van der Waals surface area contributed by atoms with E-state index in [0.717, 1.165) is 17.8 Å². The summed E-state index contributed by atoms with van der Waals surface area (Å²) < 4.78 is 38.4. The minimum atomic E-state index is -4.40. The summed E-state index contributed by atoms with van der Waals surface area (Å²) in [6, 6.07) is 14.0. The number of hydrogen-bond donors (Lipinski definition) is 2. The van der Waals surface area contributed by atoms with Crippen molar-refractivity contribution in [2.75, 3.05) is 11.9 Å². The van der Waals surface area contributed by atoms with Crippen LogP contribution in [0.15, 0.2) is 54.6 Å². The summed E-state index contributed by atoms with van der Waals surface area (Å²) in [6.45, 7) is 1.33. The van der Waals surface area contributed by atoms with Gasteiger partial charge in [0.1, 0.15) is 0 Å². The van der Waals surface area contributed by atoms with Gasteiger partial charge >= 0.3 is 6.18 Å². The van der Waals surface area contributed by atoms with Crippen molar-refractivity contribution in [2.45, 2.75) is 18.6 Å². The normalized spacial score (nSPS) is 14.5. The van der Waals surface area contributed by atoms with Crippen LogP contribution in [0.5, 0.6) is 0 Å². The lowest BCUT2D eigenvalue weighted by molar-refractivity contribution is -0.137. The van der Waals surface area contributed by atoms with Gasteiger partial charge in [-0.25, -0.2) is 0 Å². The molecule has 1 unspecified atom stereocenters. The van der Waals surface area contributed by atoms with Crippen LogP contribution in [0.2, 0.25) is 0 Å². The van der Waals surface area contributed by atoms with Crippen molar-refractivity contribution in [3.63, 3.8) is 0 Å². The number of para-hydroxylation sites is 1.